The standard InChI is InChI=1S/C21H24F3NO/c1-15-6-5-11-19(2,3)18(15)10-9-16-7-4-8-17(14-16)20(26,12-13-25)21(22,23)24/h4,7-10,14,26H,5-6,11-12H2,1-3H3/b10-9+. The van der Waals surface area contributed by atoms with Gasteiger partial charge >= 0.3 is 6.18 Å². The number of alkyl halides is 3. The number of allylic oxidation sites excluding steroid dienone is 3. The molecule has 1 aliphatic carbocycles. The van der Waals surface area contributed by atoms with Crippen LogP contribution in [0.3, 0.4) is 0 Å². The third kappa shape index (κ3) is 4.02. The summed E-state index contributed by atoms with van der Waals surface area (Å²) in [5.41, 5.74) is -0.385. The van der Waals surface area contributed by atoms with Crippen LogP contribution in [0.2, 0.25) is 0 Å². The third-order valence-electron chi connectivity index (χ3n) is 5.15. The van der Waals surface area contributed by atoms with Crippen LogP contribution >= 0.6 is 0 Å². The van der Waals surface area contributed by atoms with Gasteiger partial charge in [-0.3, -0.25) is 0 Å². The minimum atomic E-state index is -4.92. The van der Waals surface area contributed by atoms with E-state index in [-0.39, 0.29) is 11.0 Å². The van der Waals surface area contributed by atoms with Gasteiger partial charge < -0.3 is 5.11 Å². The Morgan fingerprint density at radius 3 is 2.54 bits per heavy atom. The molecule has 0 bridgehead atoms. The van der Waals surface area contributed by atoms with E-state index in [0.29, 0.717) is 5.56 Å². The van der Waals surface area contributed by atoms with E-state index in [1.54, 1.807) is 12.1 Å². The molecule has 0 radical (unpaired) electrons. The maximum Gasteiger partial charge on any atom is 0.422 e. The predicted molar refractivity (Wildman–Crippen MR) is 96.0 cm³/mol. The van der Waals surface area contributed by atoms with E-state index >= 15 is 0 Å². The van der Waals surface area contributed by atoms with Gasteiger partial charge in [-0.15, -0.1) is 0 Å². The zero-order chi connectivity index (χ0) is 19.6. The summed E-state index contributed by atoms with van der Waals surface area (Å²) in [6, 6.07) is 7.10. The quantitative estimate of drug-likeness (QED) is 0.725. The summed E-state index contributed by atoms with van der Waals surface area (Å²) < 4.78 is 39.9. The second kappa shape index (κ2) is 7.28. The molecule has 1 aliphatic rings. The first kappa shape index (κ1) is 20.3. The molecule has 0 aliphatic heterocycles. The lowest BCUT2D eigenvalue weighted by Gasteiger charge is -2.33. The average molecular weight is 363 g/mol. The fourth-order valence-corrected chi connectivity index (χ4v) is 3.57. The van der Waals surface area contributed by atoms with Crippen LogP contribution in [-0.2, 0) is 5.60 Å². The van der Waals surface area contributed by atoms with Crippen molar-refractivity contribution >= 4 is 6.08 Å². The largest absolute Gasteiger partial charge is 0.422 e. The number of benzene rings is 1. The zero-order valence-electron chi connectivity index (χ0n) is 15.3. The first-order chi connectivity index (χ1) is 12.0. The van der Waals surface area contributed by atoms with Gasteiger partial charge in [0.05, 0.1) is 12.5 Å². The second-order valence-corrected chi connectivity index (χ2v) is 7.58. The highest BCUT2D eigenvalue weighted by molar-refractivity contribution is 5.56. The Balaban J connectivity index is 2.40. The lowest BCUT2D eigenvalue weighted by atomic mass is 9.72. The average Bonchev–Trinajstić information content (AvgIpc) is 2.53. The molecule has 26 heavy (non-hydrogen) atoms. The topological polar surface area (TPSA) is 44.0 Å². The van der Waals surface area contributed by atoms with Crippen molar-refractivity contribution in [2.24, 2.45) is 5.41 Å². The number of rotatable bonds is 4. The van der Waals surface area contributed by atoms with Gasteiger partial charge in [0.1, 0.15) is 0 Å². The van der Waals surface area contributed by atoms with Crippen molar-refractivity contribution in [3.05, 3.63) is 52.6 Å². The summed E-state index contributed by atoms with van der Waals surface area (Å²) in [5.74, 6) is 0. The van der Waals surface area contributed by atoms with E-state index in [0.717, 1.165) is 19.3 Å². The number of nitrogens with zero attached hydrogens (tertiary/aromatic N) is 1. The van der Waals surface area contributed by atoms with E-state index < -0.39 is 18.2 Å². The lowest BCUT2D eigenvalue weighted by molar-refractivity contribution is -0.264. The molecule has 1 unspecified atom stereocenters. The maximum absolute atomic E-state index is 13.3. The Kier molecular flexibility index (Phi) is 5.67. The SMILES string of the molecule is CC1=C(/C=C/c2cccc(C(O)(CC#N)C(F)(F)F)c2)C(C)(C)CCC1. The first-order valence-electron chi connectivity index (χ1n) is 8.66. The molecule has 5 heteroatoms. The van der Waals surface area contributed by atoms with Crippen molar-refractivity contribution < 1.29 is 18.3 Å². The molecule has 0 fully saturated rings. The van der Waals surface area contributed by atoms with Crippen LogP contribution in [-0.4, -0.2) is 11.3 Å². The number of nitriles is 1. The minimum absolute atomic E-state index is 0.0317. The van der Waals surface area contributed by atoms with Crippen LogP contribution in [0.4, 0.5) is 13.2 Å². The van der Waals surface area contributed by atoms with Gasteiger partial charge in [0, 0.05) is 0 Å². The Labute approximate surface area is 152 Å². The van der Waals surface area contributed by atoms with Gasteiger partial charge in [0.15, 0.2) is 5.60 Å². The van der Waals surface area contributed by atoms with Gasteiger partial charge in [0.25, 0.3) is 0 Å². The van der Waals surface area contributed by atoms with Crippen molar-refractivity contribution in [3.63, 3.8) is 0 Å². The monoisotopic (exact) mass is 363 g/mol. The van der Waals surface area contributed by atoms with Crippen LogP contribution in [0.5, 0.6) is 0 Å². The fourth-order valence-electron chi connectivity index (χ4n) is 3.57. The van der Waals surface area contributed by atoms with Crippen LogP contribution in [0, 0.1) is 16.7 Å². The van der Waals surface area contributed by atoms with Gasteiger partial charge in [-0.2, -0.15) is 18.4 Å². The highest BCUT2D eigenvalue weighted by atomic mass is 19.4. The molecule has 0 saturated carbocycles. The maximum atomic E-state index is 13.3. The second-order valence-electron chi connectivity index (χ2n) is 7.58. The van der Waals surface area contributed by atoms with Crippen molar-refractivity contribution in [3.8, 4) is 6.07 Å². The van der Waals surface area contributed by atoms with E-state index in [1.807, 2.05) is 6.08 Å². The Hall–Kier alpha value is -2.06. The molecule has 0 heterocycles. The van der Waals surface area contributed by atoms with E-state index in [9.17, 15) is 18.3 Å². The normalized spacial score (nSPS) is 20.1. The smallest absolute Gasteiger partial charge is 0.375 e. The van der Waals surface area contributed by atoms with Crippen molar-refractivity contribution in [2.75, 3.05) is 0 Å². The number of hydrogen-bond donors (Lipinski definition) is 1. The number of halogens is 3. The molecule has 140 valence electrons. The summed E-state index contributed by atoms with van der Waals surface area (Å²) in [7, 11) is 0. The van der Waals surface area contributed by atoms with Crippen molar-refractivity contribution in [1.82, 2.24) is 0 Å². The zero-order valence-corrected chi connectivity index (χ0v) is 15.3. The lowest BCUT2D eigenvalue weighted by Crippen LogP contribution is -2.42. The third-order valence-corrected chi connectivity index (χ3v) is 5.15. The highest BCUT2D eigenvalue weighted by Crippen LogP contribution is 2.43. The molecule has 2 rings (SSSR count). The van der Waals surface area contributed by atoms with Gasteiger partial charge in [0.2, 0.25) is 0 Å². The Morgan fingerprint density at radius 2 is 1.96 bits per heavy atom. The molecule has 0 aromatic heterocycles. The number of hydrogen-bond acceptors (Lipinski definition) is 2. The first-order valence-corrected chi connectivity index (χ1v) is 8.66. The fraction of sp³-hybridized carbons (Fsp3) is 0.476. The highest BCUT2D eigenvalue weighted by Gasteiger charge is 2.54. The van der Waals surface area contributed by atoms with E-state index in [2.05, 4.69) is 20.8 Å². The van der Waals surface area contributed by atoms with Crippen LogP contribution in [0.25, 0.3) is 6.08 Å². The van der Waals surface area contributed by atoms with Gasteiger partial charge in [-0.05, 0) is 54.4 Å². The van der Waals surface area contributed by atoms with Crippen LogP contribution in [0.15, 0.2) is 41.5 Å². The number of aliphatic hydroxyl groups is 1. The minimum Gasteiger partial charge on any atom is -0.375 e. The molecule has 1 atom stereocenters. The van der Waals surface area contributed by atoms with Gasteiger partial charge in [-0.25, -0.2) is 0 Å². The molecular formula is C21H24F3NO. The Bertz CT molecular complexity index is 768. The summed E-state index contributed by atoms with van der Waals surface area (Å²) in [5, 5.41) is 18.8. The van der Waals surface area contributed by atoms with Crippen LogP contribution in [0.1, 0.15) is 57.6 Å². The molecule has 1 aromatic rings. The molecule has 0 amide bonds. The Morgan fingerprint density at radius 1 is 1.27 bits per heavy atom. The van der Waals surface area contributed by atoms with Crippen LogP contribution < -0.4 is 0 Å². The molecular weight excluding hydrogens is 339 g/mol. The summed E-state index contributed by atoms with van der Waals surface area (Å²) >= 11 is 0. The molecule has 1 aromatic carbocycles. The van der Waals surface area contributed by atoms with Gasteiger partial charge in [-0.1, -0.05) is 49.8 Å². The summed E-state index contributed by atoms with van der Waals surface area (Å²) in [4.78, 5) is 0. The van der Waals surface area contributed by atoms with Crippen molar-refractivity contribution in [1.29, 1.82) is 5.26 Å². The molecule has 0 saturated heterocycles. The van der Waals surface area contributed by atoms with E-state index in [4.69, 9.17) is 5.26 Å². The summed E-state index contributed by atoms with van der Waals surface area (Å²) in [6.45, 7) is 6.43. The van der Waals surface area contributed by atoms with E-state index in [1.165, 1.54) is 35.4 Å². The predicted octanol–water partition coefficient (Wildman–Crippen LogP) is 5.89. The molecule has 2 nitrogen and oxygen atoms in total. The van der Waals surface area contributed by atoms with Crippen molar-refractivity contribution in [2.45, 2.75) is 58.2 Å². The molecule has 1 N–H and O–H groups in total. The molecule has 0 spiro atoms. The summed E-state index contributed by atoms with van der Waals surface area (Å²) in [6.07, 6.45) is 1.01.